The van der Waals surface area contributed by atoms with Crippen LogP contribution in [0.15, 0.2) is 78.9 Å². The number of hydrogen-bond acceptors (Lipinski definition) is 3. The maximum Gasteiger partial charge on any atom is 0.243 e. The van der Waals surface area contributed by atoms with Gasteiger partial charge in [0.1, 0.15) is 6.04 Å². The number of hydrogen-bond donors (Lipinski definition) is 1. The third-order valence-electron chi connectivity index (χ3n) is 5.94. The van der Waals surface area contributed by atoms with E-state index in [-0.39, 0.29) is 17.6 Å². The van der Waals surface area contributed by atoms with E-state index in [0.717, 1.165) is 16.9 Å². The standard InChI is InChI=1S/C30H35ClN2O2S/c1-22(2)18-32-30(35)28(17-24-11-5-4-6-12-24)33(19-25-13-9-15-27(31)16-25)29(34)21-36-20-26-14-8-7-10-23(26)3/h4-16,22,28H,17-21H2,1-3H3,(H,32,35). The van der Waals surface area contributed by atoms with Crippen LogP contribution in [0.5, 0.6) is 0 Å². The smallest absolute Gasteiger partial charge is 0.243 e. The number of aryl methyl sites for hydroxylation is 1. The molecule has 0 aliphatic heterocycles. The minimum atomic E-state index is -0.628. The summed E-state index contributed by atoms with van der Waals surface area (Å²) in [6.07, 6.45) is 0.444. The van der Waals surface area contributed by atoms with Crippen LogP contribution < -0.4 is 5.32 Å². The highest BCUT2D eigenvalue weighted by atomic mass is 35.5. The lowest BCUT2D eigenvalue weighted by atomic mass is 10.0. The Bertz CT molecular complexity index is 1140. The van der Waals surface area contributed by atoms with E-state index >= 15 is 0 Å². The van der Waals surface area contributed by atoms with Crippen LogP contribution in [0.3, 0.4) is 0 Å². The highest BCUT2D eigenvalue weighted by Gasteiger charge is 2.30. The van der Waals surface area contributed by atoms with Crippen molar-refractivity contribution in [3.8, 4) is 0 Å². The van der Waals surface area contributed by atoms with Gasteiger partial charge in [-0.15, -0.1) is 11.8 Å². The summed E-state index contributed by atoms with van der Waals surface area (Å²) in [5.74, 6) is 1.15. The van der Waals surface area contributed by atoms with Gasteiger partial charge in [0.2, 0.25) is 11.8 Å². The van der Waals surface area contributed by atoms with E-state index in [1.807, 2.05) is 66.7 Å². The Morgan fingerprint density at radius 3 is 2.33 bits per heavy atom. The molecule has 190 valence electrons. The molecule has 3 aromatic carbocycles. The number of nitrogens with one attached hydrogen (secondary N) is 1. The summed E-state index contributed by atoms with van der Waals surface area (Å²) >= 11 is 7.82. The fourth-order valence-electron chi connectivity index (χ4n) is 3.91. The normalized spacial score (nSPS) is 11.8. The Hall–Kier alpha value is -2.76. The molecule has 1 unspecified atom stereocenters. The first-order chi connectivity index (χ1) is 17.3. The molecule has 3 rings (SSSR count). The van der Waals surface area contributed by atoms with Crippen LogP contribution in [0.25, 0.3) is 0 Å². The Morgan fingerprint density at radius 2 is 1.64 bits per heavy atom. The van der Waals surface area contributed by atoms with Crippen molar-refractivity contribution in [2.24, 2.45) is 5.92 Å². The van der Waals surface area contributed by atoms with Crippen LogP contribution in [0.1, 0.15) is 36.1 Å². The number of nitrogens with zero attached hydrogens (tertiary/aromatic N) is 1. The average Bonchev–Trinajstić information content (AvgIpc) is 2.86. The first-order valence-electron chi connectivity index (χ1n) is 12.3. The SMILES string of the molecule is Cc1ccccc1CSCC(=O)N(Cc1cccc(Cl)c1)C(Cc1ccccc1)C(=O)NCC(C)C. The van der Waals surface area contributed by atoms with E-state index in [4.69, 9.17) is 11.6 Å². The summed E-state index contributed by atoms with van der Waals surface area (Å²) in [6.45, 7) is 7.08. The molecule has 0 aliphatic rings. The van der Waals surface area contributed by atoms with Gasteiger partial charge in [-0.25, -0.2) is 0 Å². The highest BCUT2D eigenvalue weighted by molar-refractivity contribution is 7.99. The van der Waals surface area contributed by atoms with E-state index in [2.05, 4.69) is 38.2 Å². The van der Waals surface area contributed by atoms with Crippen molar-refractivity contribution in [1.29, 1.82) is 0 Å². The van der Waals surface area contributed by atoms with Crippen LogP contribution in [-0.2, 0) is 28.3 Å². The number of amides is 2. The molecule has 0 spiro atoms. The fourth-order valence-corrected chi connectivity index (χ4v) is 5.11. The van der Waals surface area contributed by atoms with Crippen molar-refractivity contribution < 1.29 is 9.59 Å². The van der Waals surface area contributed by atoms with Gasteiger partial charge in [0.25, 0.3) is 0 Å². The van der Waals surface area contributed by atoms with Gasteiger partial charge >= 0.3 is 0 Å². The van der Waals surface area contributed by atoms with E-state index in [0.29, 0.717) is 30.5 Å². The molecule has 1 atom stereocenters. The van der Waals surface area contributed by atoms with E-state index < -0.39 is 6.04 Å². The Balaban J connectivity index is 1.85. The number of benzene rings is 3. The molecular formula is C30H35ClN2O2S. The third kappa shape index (κ3) is 8.72. The van der Waals surface area contributed by atoms with Gasteiger partial charge in [-0.1, -0.05) is 92.2 Å². The van der Waals surface area contributed by atoms with Gasteiger partial charge in [-0.2, -0.15) is 0 Å². The topological polar surface area (TPSA) is 49.4 Å². The van der Waals surface area contributed by atoms with Crippen molar-refractivity contribution in [2.45, 2.75) is 45.5 Å². The molecule has 1 N–H and O–H groups in total. The zero-order valence-electron chi connectivity index (χ0n) is 21.2. The Morgan fingerprint density at radius 1 is 0.944 bits per heavy atom. The predicted molar refractivity (Wildman–Crippen MR) is 151 cm³/mol. The molecular weight excluding hydrogens is 488 g/mol. The summed E-state index contributed by atoms with van der Waals surface area (Å²) < 4.78 is 0. The van der Waals surface area contributed by atoms with Crippen molar-refractivity contribution in [1.82, 2.24) is 10.2 Å². The predicted octanol–water partition coefficient (Wildman–Crippen LogP) is 6.29. The molecule has 4 nitrogen and oxygen atoms in total. The summed E-state index contributed by atoms with van der Waals surface area (Å²) in [6, 6.07) is 24.9. The second kappa shape index (κ2) is 14.1. The van der Waals surface area contributed by atoms with Gasteiger partial charge in [0.15, 0.2) is 0 Å². The lowest BCUT2D eigenvalue weighted by Crippen LogP contribution is -2.51. The fraction of sp³-hybridized carbons (Fsp3) is 0.333. The maximum atomic E-state index is 13.7. The maximum absolute atomic E-state index is 13.7. The monoisotopic (exact) mass is 522 g/mol. The molecule has 0 radical (unpaired) electrons. The number of rotatable bonds is 12. The number of carbonyl (C=O) groups is 2. The van der Waals surface area contributed by atoms with Crippen LogP contribution in [-0.4, -0.2) is 35.1 Å². The summed E-state index contributed by atoms with van der Waals surface area (Å²) in [4.78, 5) is 28.9. The lowest BCUT2D eigenvalue weighted by molar-refractivity contribution is -0.139. The second-order valence-corrected chi connectivity index (χ2v) is 10.8. The molecule has 3 aromatic rings. The highest BCUT2D eigenvalue weighted by Crippen LogP contribution is 2.21. The van der Waals surface area contributed by atoms with Crippen LogP contribution in [0.2, 0.25) is 5.02 Å². The molecule has 6 heteroatoms. The first-order valence-corrected chi connectivity index (χ1v) is 13.8. The Labute approximate surface area is 224 Å². The quantitative estimate of drug-likeness (QED) is 0.304. The zero-order chi connectivity index (χ0) is 25.9. The largest absolute Gasteiger partial charge is 0.354 e. The van der Waals surface area contributed by atoms with E-state index in [1.54, 1.807) is 16.7 Å². The summed E-state index contributed by atoms with van der Waals surface area (Å²) in [5.41, 5.74) is 4.34. The lowest BCUT2D eigenvalue weighted by Gasteiger charge is -2.32. The number of carbonyl (C=O) groups excluding carboxylic acids is 2. The molecule has 36 heavy (non-hydrogen) atoms. The van der Waals surface area contributed by atoms with Gasteiger partial charge in [-0.05, 0) is 47.2 Å². The van der Waals surface area contributed by atoms with Crippen molar-refractivity contribution in [3.05, 3.63) is 106 Å². The van der Waals surface area contributed by atoms with Gasteiger partial charge in [0.05, 0.1) is 5.75 Å². The average molecular weight is 523 g/mol. The molecule has 0 heterocycles. The molecule has 0 saturated heterocycles. The Kier molecular flexibility index (Phi) is 10.9. The first kappa shape index (κ1) is 27.8. The molecule has 0 fully saturated rings. The molecule has 2 amide bonds. The third-order valence-corrected chi connectivity index (χ3v) is 7.14. The van der Waals surface area contributed by atoms with E-state index in [1.165, 1.54) is 11.1 Å². The van der Waals surface area contributed by atoms with Crippen LogP contribution >= 0.6 is 23.4 Å². The molecule has 0 aromatic heterocycles. The molecule has 0 saturated carbocycles. The van der Waals surface area contributed by atoms with Crippen molar-refractivity contribution in [2.75, 3.05) is 12.3 Å². The summed E-state index contributed by atoms with van der Waals surface area (Å²) in [7, 11) is 0. The summed E-state index contributed by atoms with van der Waals surface area (Å²) in [5, 5.41) is 3.67. The van der Waals surface area contributed by atoms with Crippen molar-refractivity contribution >= 4 is 35.2 Å². The van der Waals surface area contributed by atoms with Gasteiger partial charge in [-0.3, -0.25) is 9.59 Å². The number of thioether (sulfide) groups is 1. The second-order valence-electron chi connectivity index (χ2n) is 9.42. The van der Waals surface area contributed by atoms with Crippen molar-refractivity contribution in [3.63, 3.8) is 0 Å². The zero-order valence-corrected chi connectivity index (χ0v) is 22.8. The van der Waals surface area contributed by atoms with Gasteiger partial charge < -0.3 is 10.2 Å². The minimum absolute atomic E-state index is 0.0609. The molecule has 0 aliphatic carbocycles. The number of halogens is 1. The van der Waals surface area contributed by atoms with Crippen LogP contribution in [0.4, 0.5) is 0 Å². The van der Waals surface area contributed by atoms with E-state index in [9.17, 15) is 9.59 Å². The minimum Gasteiger partial charge on any atom is -0.354 e. The molecule has 0 bridgehead atoms. The van der Waals surface area contributed by atoms with Crippen LogP contribution in [0, 0.1) is 12.8 Å². The van der Waals surface area contributed by atoms with Gasteiger partial charge in [0, 0.05) is 30.3 Å².